The predicted molar refractivity (Wildman–Crippen MR) is 98.8 cm³/mol. The van der Waals surface area contributed by atoms with Crippen LogP contribution in [0.25, 0.3) is 0 Å². The van der Waals surface area contributed by atoms with Crippen molar-refractivity contribution >= 4 is 22.6 Å². The second-order valence-corrected chi connectivity index (χ2v) is 7.91. The molecule has 0 radical (unpaired) electrons. The van der Waals surface area contributed by atoms with Crippen molar-refractivity contribution in [3.63, 3.8) is 0 Å². The molecule has 3 fully saturated rings. The normalized spacial score (nSPS) is 36.0. The molecule has 1 spiro atoms. The minimum Gasteiger partial charge on any atom is -0.347 e. The Morgan fingerprint density at radius 3 is 2.76 bits per heavy atom. The number of H-pyrrole nitrogens is 1. The second-order valence-electron chi connectivity index (χ2n) is 7.03. The van der Waals surface area contributed by atoms with Crippen LogP contribution in [0.3, 0.4) is 0 Å². The Morgan fingerprint density at radius 2 is 2.16 bits per heavy atom. The van der Waals surface area contributed by atoms with Crippen molar-refractivity contribution in [2.24, 2.45) is 0 Å². The highest BCUT2D eigenvalue weighted by Crippen LogP contribution is 2.57. The number of rotatable bonds is 3. The molecule has 1 N–H and O–H groups in total. The summed E-state index contributed by atoms with van der Waals surface area (Å²) in [5, 5.41) is 0. The number of fused-ring (bicyclic) bond motifs is 1. The number of hydrogen-bond donors (Lipinski definition) is 1. The molecule has 4 atom stereocenters. The van der Waals surface area contributed by atoms with Gasteiger partial charge in [0, 0.05) is 29.5 Å². The van der Waals surface area contributed by atoms with Crippen molar-refractivity contribution < 1.29 is 14.2 Å². The molecule has 0 aromatic carbocycles. The van der Waals surface area contributed by atoms with E-state index in [0.717, 1.165) is 31.3 Å². The molecule has 136 valence electrons. The van der Waals surface area contributed by atoms with Crippen molar-refractivity contribution in [1.82, 2.24) is 9.55 Å². The lowest BCUT2D eigenvalue weighted by molar-refractivity contribution is -0.225. The molecule has 1 aromatic heterocycles. The average Bonchev–Trinajstić information content (AvgIpc) is 3.22. The van der Waals surface area contributed by atoms with E-state index >= 15 is 0 Å². The number of halogens is 1. The lowest BCUT2D eigenvalue weighted by atomic mass is 9.88. The van der Waals surface area contributed by atoms with Crippen LogP contribution in [-0.4, -0.2) is 37.6 Å². The molecule has 8 heteroatoms. The monoisotopic (exact) mass is 460 g/mol. The molecular formula is C17H21IN2O5. The third-order valence-electron chi connectivity index (χ3n) is 5.42. The van der Waals surface area contributed by atoms with Gasteiger partial charge in [-0.05, 0) is 25.3 Å². The van der Waals surface area contributed by atoms with Crippen LogP contribution in [0.15, 0.2) is 34.0 Å². The zero-order valence-corrected chi connectivity index (χ0v) is 16.2. The fourth-order valence-electron chi connectivity index (χ4n) is 4.27. The lowest BCUT2D eigenvalue weighted by Crippen LogP contribution is -2.48. The van der Waals surface area contributed by atoms with E-state index in [4.69, 9.17) is 14.2 Å². The SMILES string of the molecule is C=C(C)[C@@]12OC3(CCCC3)O[C@@H]1[C@@H](CI)O[C@H]2n1ccc(=O)[nH]c1=O. The molecule has 3 aliphatic rings. The molecule has 1 aromatic rings. The van der Waals surface area contributed by atoms with E-state index in [2.05, 4.69) is 34.2 Å². The van der Waals surface area contributed by atoms with Crippen LogP contribution in [-0.2, 0) is 14.2 Å². The first kappa shape index (κ1) is 17.4. The van der Waals surface area contributed by atoms with E-state index in [1.807, 2.05) is 6.92 Å². The highest BCUT2D eigenvalue weighted by Gasteiger charge is 2.69. The summed E-state index contributed by atoms with van der Waals surface area (Å²) in [6.07, 6.45) is 3.95. The van der Waals surface area contributed by atoms with Gasteiger partial charge in [0.1, 0.15) is 6.10 Å². The molecule has 0 amide bonds. The van der Waals surface area contributed by atoms with Gasteiger partial charge in [-0.25, -0.2) is 4.79 Å². The van der Waals surface area contributed by atoms with E-state index < -0.39 is 28.9 Å². The van der Waals surface area contributed by atoms with Gasteiger partial charge in [0.25, 0.3) is 5.56 Å². The van der Waals surface area contributed by atoms with Crippen LogP contribution in [0.5, 0.6) is 0 Å². The van der Waals surface area contributed by atoms with Crippen molar-refractivity contribution in [3.05, 3.63) is 45.3 Å². The summed E-state index contributed by atoms with van der Waals surface area (Å²) in [6.45, 7) is 6.02. The largest absolute Gasteiger partial charge is 0.347 e. The third kappa shape index (κ3) is 2.48. The first-order valence-electron chi connectivity index (χ1n) is 8.49. The molecule has 25 heavy (non-hydrogen) atoms. The van der Waals surface area contributed by atoms with Gasteiger partial charge < -0.3 is 14.2 Å². The highest BCUT2D eigenvalue weighted by molar-refractivity contribution is 14.1. The van der Waals surface area contributed by atoms with E-state index in [1.54, 1.807) is 0 Å². The predicted octanol–water partition coefficient (Wildman–Crippen LogP) is 1.87. The standard InChI is InChI=1S/C17H21IN2O5/c1-10(2)17-13(24-16(25-17)6-3-4-7-16)11(9-18)23-14(17)20-8-5-12(21)19-15(20)22/h5,8,11,13-14H,1,3-4,6-7,9H2,2H3,(H,19,21,22)/t11-,13-,14-,17-/m1/s1. The third-order valence-corrected chi connectivity index (χ3v) is 6.28. The van der Waals surface area contributed by atoms with E-state index in [-0.39, 0.29) is 12.2 Å². The maximum Gasteiger partial charge on any atom is 0.330 e. The zero-order chi connectivity index (χ0) is 17.8. The second kappa shape index (κ2) is 6.04. The van der Waals surface area contributed by atoms with Crippen LogP contribution < -0.4 is 11.2 Å². The first-order valence-corrected chi connectivity index (χ1v) is 10.0. The Labute approximate surface area is 158 Å². The van der Waals surface area contributed by atoms with Gasteiger partial charge in [-0.3, -0.25) is 14.3 Å². The fraction of sp³-hybridized carbons (Fsp3) is 0.647. The first-order chi connectivity index (χ1) is 11.9. The van der Waals surface area contributed by atoms with Crippen LogP contribution in [0, 0.1) is 0 Å². The number of nitrogens with zero attached hydrogens (tertiary/aromatic N) is 1. The Bertz CT molecular complexity index is 812. The number of aromatic nitrogens is 2. The van der Waals surface area contributed by atoms with E-state index in [1.165, 1.54) is 16.8 Å². The van der Waals surface area contributed by atoms with Crippen LogP contribution in [0.1, 0.15) is 38.8 Å². The summed E-state index contributed by atoms with van der Waals surface area (Å²) in [6, 6.07) is 1.31. The summed E-state index contributed by atoms with van der Waals surface area (Å²) in [7, 11) is 0. The van der Waals surface area contributed by atoms with Gasteiger partial charge in [0.15, 0.2) is 17.6 Å². The highest BCUT2D eigenvalue weighted by atomic mass is 127. The molecule has 3 heterocycles. The molecule has 1 aliphatic carbocycles. The zero-order valence-electron chi connectivity index (χ0n) is 14.0. The Kier molecular flexibility index (Phi) is 4.21. The molecule has 2 saturated heterocycles. The molecule has 0 bridgehead atoms. The van der Waals surface area contributed by atoms with Crippen molar-refractivity contribution in [2.45, 2.75) is 62.4 Å². The number of alkyl halides is 1. The minimum atomic E-state index is -0.942. The molecule has 1 saturated carbocycles. The molecule has 4 rings (SSSR count). The van der Waals surface area contributed by atoms with Crippen molar-refractivity contribution in [2.75, 3.05) is 4.43 Å². The summed E-state index contributed by atoms with van der Waals surface area (Å²) in [5.74, 6) is -0.624. The smallest absolute Gasteiger partial charge is 0.330 e. The number of aromatic amines is 1. The van der Waals surface area contributed by atoms with Gasteiger partial charge >= 0.3 is 5.69 Å². The van der Waals surface area contributed by atoms with Gasteiger partial charge in [0.2, 0.25) is 0 Å². The summed E-state index contributed by atoms with van der Waals surface area (Å²) in [5.41, 5.74) is -1.15. The number of nitrogens with one attached hydrogen (secondary N) is 1. The molecule has 0 unspecified atom stereocenters. The summed E-state index contributed by atoms with van der Waals surface area (Å²) in [4.78, 5) is 26.1. The van der Waals surface area contributed by atoms with E-state index in [0.29, 0.717) is 4.43 Å². The minimum absolute atomic E-state index is 0.221. The van der Waals surface area contributed by atoms with Crippen molar-refractivity contribution in [1.29, 1.82) is 0 Å². The summed E-state index contributed by atoms with van der Waals surface area (Å²) < 4.78 is 21.2. The molecular weight excluding hydrogens is 439 g/mol. The van der Waals surface area contributed by atoms with Gasteiger partial charge in [-0.15, -0.1) is 0 Å². The quantitative estimate of drug-likeness (QED) is 0.423. The number of hydrogen-bond acceptors (Lipinski definition) is 5. The number of ether oxygens (including phenoxy) is 3. The Balaban J connectivity index is 1.85. The van der Waals surface area contributed by atoms with Crippen molar-refractivity contribution in [3.8, 4) is 0 Å². The van der Waals surface area contributed by atoms with Gasteiger partial charge in [-0.1, -0.05) is 29.2 Å². The van der Waals surface area contributed by atoms with E-state index in [9.17, 15) is 9.59 Å². The van der Waals surface area contributed by atoms with Gasteiger partial charge in [0.05, 0.1) is 6.10 Å². The van der Waals surface area contributed by atoms with Crippen LogP contribution >= 0.6 is 22.6 Å². The van der Waals surface area contributed by atoms with Crippen LogP contribution in [0.4, 0.5) is 0 Å². The molecule has 2 aliphatic heterocycles. The average molecular weight is 460 g/mol. The maximum absolute atomic E-state index is 12.4. The van der Waals surface area contributed by atoms with Gasteiger partial charge in [-0.2, -0.15) is 0 Å². The summed E-state index contributed by atoms with van der Waals surface area (Å²) >= 11 is 2.26. The molecule has 7 nitrogen and oxygen atoms in total. The Morgan fingerprint density at radius 1 is 1.44 bits per heavy atom. The maximum atomic E-state index is 12.4. The fourth-order valence-corrected chi connectivity index (χ4v) is 4.94. The topological polar surface area (TPSA) is 82.6 Å². The van der Waals surface area contributed by atoms with Crippen LogP contribution in [0.2, 0.25) is 0 Å². The lowest BCUT2D eigenvalue weighted by Gasteiger charge is -2.35. The Hall–Kier alpha value is -0.970.